The van der Waals surface area contributed by atoms with Gasteiger partial charge in [0.05, 0.1) is 0 Å². The van der Waals surface area contributed by atoms with E-state index in [1.165, 1.54) is 35.1 Å². The van der Waals surface area contributed by atoms with Gasteiger partial charge in [-0.05, 0) is 43.0 Å². The fourth-order valence-corrected chi connectivity index (χ4v) is 3.21. The Labute approximate surface area is 127 Å². The maximum atomic E-state index is 6.42. The number of fused-ring (bicyclic) bond motifs is 1. The topological polar surface area (TPSA) is 29.3 Å². The largest absolute Gasteiger partial charge is 0.323 e. The number of benzene rings is 2. The van der Waals surface area contributed by atoms with Crippen molar-refractivity contribution in [2.24, 2.45) is 5.73 Å². The van der Waals surface area contributed by atoms with Gasteiger partial charge < -0.3 is 5.73 Å². The van der Waals surface area contributed by atoms with Gasteiger partial charge in [0.15, 0.2) is 0 Å². The van der Waals surface area contributed by atoms with Crippen molar-refractivity contribution in [3.05, 3.63) is 70.8 Å². The van der Waals surface area contributed by atoms with Crippen LogP contribution in [0.25, 0.3) is 0 Å². The second-order valence-electron chi connectivity index (χ2n) is 6.13. The van der Waals surface area contributed by atoms with Gasteiger partial charge >= 0.3 is 0 Å². The van der Waals surface area contributed by atoms with E-state index in [9.17, 15) is 0 Å². The van der Waals surface area contributed by atoms with Crippen molar-refractivity contribution in [1.29, 1.82) is 0 Å². The molecule has 0 fully saturated rings. The number of rotatable bonds is 3. The number of hydrogen-bond donors (Lipinski definition) is 1. The second kappa shape index (κ2) is 6.42. The van der Waals surface area contributed by atoms with E-state index in [4.69, 9.17) is 5.73 Å². The predicted octanol–water partition coefficient (Wildman–Crippen LogP) is 3.44. The Balaban J connectivity index is 1.70. The van der Waals surface area contributed by atoms with Crippen LogP contribution in [0.4, 0.5) is 0 Å². The molecule has 0 bridgehead atoms. The molecule has 110 valence electrons. The highest BCUT2D eigenvalue weighted by molar-refractivity contribution is 5.28. The van der Waals surface area contributed by atoms with E-state index in [2.05, 4.69) is 60.4 Å². The molecule has 0 amide bonds. The molecule has 0 radical (unpaired) electrons. The fraction of sp³-hybridized carbons (Fsp3) is 0.368. The number of nitrogens with zero attached hydrogens (tertiary/aromatic N) is 1. The van der Waals surface area contributed by atoms with Crippen molar-refractivity contribution >= 4 is 0 Å². The van der Waals surface area contributed by atoms with Crippen LogP contribution in [0.1, 0.15) is 34.7 Å². The van der Waals surface area contributed by atoms with Crippen LogP contribution >= 0.6 is 0 Å². The van der Waals surface area contributed by atoms with Crippen molar-refractivity contribution in [3.63, 3.8) is 0 Å². The minimum atomic E-state index is 0.0927. The number of aryl methyl sites for hydroxylation is 2. The summed E-state index contributed by atoms with van der Waals surface area (Å²) < 4.78 is 0. The molecular weight excluding hydrogens is 256 g/mol. The molecule has 0 aliphatic carbocycles. The van der Waals surface area contributed by atoms with Gasteiger partial charge in [0.1, 0.15) is 0 Å². The van der Waals surface area contributed by atoms with Gasteiger partial charge in [-0.15, -0.1) is 0 Å². The molecule has 2 aromatic carbocycles. The highest BCUT2D eigenvalue weighted by atomic mass is 15.1. The van der Waals surface area contributed by atoms with Gasteiger partial charge in [0, 0.05) is 19.1 Å². The maximum Gasteiger partial charge on any atom is 0.0424 e. The number of nitrogens with two attached hydrogens (primary N) is 1. The van der Waals surface area contributed by atoms with E-state index in [0.717, 1.165) is 19.6 Å². The van der Waals surface area contributed by atoms with Crippen LogP contribution in [0.2, 0.25) is 0 Å². The molecule has 2 aromatic rings. The summed E-state index contributed by atoms with van der Waals surface area (Å²) >= 11 is 0. The first-order valence-corrected chi connectivity index (χ1v) is 7.83. The van der Waals surface area contributed by atoms with E-state index in [-0.39, 0.29) is 6.04 Å². The molecule has 0 saturated carbocycles. The molecule has 1 heterocycles. The lowest BCUT2D eigenvalue weighted by Gasteiger charge is -2.24. The lowest BCUT2D eigenvalue weighted by atomic mass is 10.0. The van der Waals surface area contributed by atoms with Gasteiger partial charge in [-0.25, -0.2) is 0 Å². The van der Waals surface area contributed by atoms with Gasteiger partial charge in [0.25, 0.3) is 0 Å². The third-order valence-corrected chi connectivity index (χ3v) is 4.36. The molecular formula is C19H24N2. The third kappa shape index (κ3) is 3.52. The van der Waals surface area contributed by atoms with Crippen LogP contribution in [0.5, 0.6) is 0 Å². The molecule has 1 atom stereocenters. The Morgan fingerprint density at radius 2 is 1.90 bits per heavy atom. The van der Waals surface area contributed by atoms with Gasteiger partial charge in [-0.2, -0.15) is 0 Å². The Morgan fingerprint density at radius 3 is 2.71 bits per heavy atom. The molecule has 1 aliphatic heterocycles. The Morgan fingerprint density at radius 1 is 1.10 bits per heavy atom. The molecule has 2 N–H and O–H groups in total. The van der Waals surface area contributed by atoms with Gasteiger partial charge in [-0.1, -0.05) is 54.1 Å². The fourth-order valence-electron chi connectivity index (χ4n) is 3.21. The van der Waals surface area contributed by atoms with E-state index in [1.54, 1.807) is 0 Å². The first-order valence-electron chi connectivity index (χ1n) is 7.83. The molecule has 0 saturated heterocycles. The predicted molar refractivity (Wildman–Crippen MR) is 88.1 cm³/mol. The van der Waals surface area contributed by atoms with Gasteiger partial charge in [-0.3, -0.25) is 4.90 Å². The minimum Gasteiger partial charge on any atom is -0.323 e. The van der Waals surface area contributed by atoms with Crippen molar-refractivity contribution in [2.75, 3.05) is 13.1 Å². The number of hydrogen-bond acceptors (Lipinski definition) is 2. The van der Waals surface area contributed by atoms with E-state index < -0.39 is 0 Å². The molecule has 2 nitrogen and oxygen atoms in total. The van der Waals surface area contributed by atoms with Crippen molar-refractivity contribution in [2.45, 2.75) is 32.4 Å². The molecule has 2 heteroatoms. The highest BCUT2D eigenvalue weighted by Gasteiger charge is 2.17. The lowest BCUT2D eigenvalue weighted by Crippen LogP contribution is -2.32. The summed E-state index contributed by atoms with van der Waals surface area (Å²) in [6, 6.07) is 17.5. The van der Waals surface area contributed by atoms with E-state index in [1.807, 2.05) is 0 Å². The molecule has 3 rings (SSSR count). The van der Waals surface area contributed by atoms with Crippen LogP contribution < -0.4 is 5.73 Å². The zero-order valence-electron chi connectivity index (χ0n) is 12.8. The second-order valence-corrected chi connectivity index (χ2v) is 6.13. The minimum absolute atomic E-state index is 0.0927. The zero-order chi connectivity index (χ0) is 14.7. The summed E-state index contributed by atoms with van der Waals surface area (Å²) in [6.07, 6.45) is 2.41. The van der Waals surface area contributed by atoms with E-state index in [0.29, 0.717) is 0 Å². The van der Waals surface area contributed by atoms with Crippen LogP contribution in [-0.4, -0.2) is 18.0 Å². The van der Waals surface area contributed by atoms with Crippen molar-refractivity contribution in [3.8, 4) is 0 Å². The molecule has 1 unspecified atom stereocenters. The first-order chi connectivity index (χ1) is 10.2. The Hall–Kier alpha value is -1.64. The first kappa shape index (κ1) is 14.3. The van der Waals surface area contributed by atoms with Crippen LogP contribution in [0.15, 0.2) is 48.5 Å². The van der Waals surface area contributed by atoms with E-state index >= 15 is 0 Å². The lowest BCUT2D eigenvalue weighted by molar-refractivity contribution is 0.253. The van der Waals surface area contributed by atoms with Crippen LogP contribution in [-0.2, 0) is 13.0 Å². The quantitative estimate of drug-likeness (QED) is 0.933. The Kier molecular flexibility index (Phi) is 4.37. The summed E-state index contributed by atoms with van der Waals surface area (Å²) in [5.41, 5.74) is 11.9. The molecule has 21 heavy (non-hydrogen) atoms. The molecule has 0 spiro atoms. The normalized spacial score (nSPS) is 17.0. The van der Waals surface area contributed by atoms with Gasteiger partial charge in [0.2, 0.25) is 0 Å². The van der Waals surface area contributed by atoms with Crippen molar-refractivity contribution < 1.29 is 0 Å². The third-order valence-electron chi connectivity index (χ3n) is 4.36. The highest BCUT2D eigenvalue weighted by Crippen LogP contribution is 2.21. The summed E-state index contributed by atoms with van der Waals surface area (Å²) in [5, 5.41) is 0. The average molecular weight is 280 g/mol. The standard InChI is InChI=1S/C19H24N2/c1-15-6-4-9-17(12-15)19(20)14-21-11-5-10-16-7-2-3-8-18(16)13-21/h2-4,6-9,12,19H,5,10-11,13-14,20H2,1H3. The summed E-state index contributed by atoms with van der Waals surface area (Å²) in [6.45, 7) is 5.21. The summed E-state index contributed by atoms with van der Waals surface area (Å²) in [5.74, 6) is 0. The summed E-state index contributed by atoms with van der Waals surface area (Å²) in [7, 11) is 0. The monoisotopic (exact) mass is 280 g/mol. The molecule has 0 aromatic heterocycles. The Bertz CT molecular complexity index is 606. The maximum absolute atomic E-state index is 6.42. The van der Waals surface area contributed by atoms with Crippen LogP contribution in [0, 0.1) is 6.92 Å². The SMILES string of the molecule is Cc1cccc(C(N)CN2CCCc3ccccc3C2)c1. The smallest absolute Gasteiger partial charge is 0.0424 e. The molecule has 1 aliphatic rings. The van der Waals surface area contributed by atoms with Crippen molar-refractivity contribution in [1.82, 2.24) is 4.90 Å². The summed E-state index contributed by atoms with van der Waals surface area (Å²) in [4.78, 5) is 2.50. The average Bonchev–Trinajstić information content (AvgIpc) is 2.68. The van der Waals surface area contributed by atoms with Crippen LogP contribution in [0.3, 0.4) is 0 Å². The zero-order valence-corrected chi connectivity index (χ0v) is 12.8.